The van der Waals surface area contributed by atoms with Crippen LogP contribution in [0.4, 0.5) is 11.4 Å². The molecule has 0 spiro atoms. The summed E-state index contributed by atoms with van der Waals surface area (Å²) in [5.74, 6) is 0.314. The van der Waals surface area contributed by atoms with Crippen molar-refractivity contribution in [2.45, 2.75) is 19.3 Å². The Morgan fingerprint density at radius 1 is 1.00 bits per heavy atom. The van der Waals surface area contributed by atoms with Gasteiger partial charge in [0, 0.05) is 43.6 Å². The molecule has 8 heteroatoms. The van der Waals surface area contributed by atoms with Gasteiger partial charge in [-0.3, -0.25) is 14.4 Å². The molecule has 0 unspecified atom stereocenters. The van der Waals surface area contributed by atoms with E-state index in [0.717, 1.165) is 6.42 Å². The molecule has 0 saturated carbocycles. The van der Waals surface area contributed by atoms with Gasteiger partial charge in [-0.1, -0.05) is 18.2 Å². The van der Waals surface area contributed by atoms with Crippen molar-refractivity contribution in [3.05, 3.63) is 48.0 Å². The Morgan fingerprint density at radius 2 is 1.63 bits per heavy atom. The van der Waals surface area contributed by atoms with E-state index in [9.17, 15) is 14.4 Å². The third kappa shape index (κ3) is 5.08. The number of methoxy groups -OCH3 is 2. The number of nitrogens with zero attached hydrogens (tertiary/aromatic N) is 1. The number of hydrogen-bond acceptors (Lipinski definition) is 5. The quantitative estimate of drug-likeness (QED) is 0.696. The molecule has 0 aliphatic carbocycles. The van der Waals surface area contributed by atoms with Gasteiger partial charge in [-0.25, -0.2) is 0 Å². The second-order valence-corrected chi connectivity index (χ2v) is 6.86. The summed E-state index contributed by atoms with van der Waals surface area (Å²) in [7, 11) is 2.95. The smallest absolute Gasteiger partial charge is 0.255 e. The fraction of sp³-hybridized carbons (Fsp3) is 0.318. The molecule has 8 nitrogen and oxygen atoms in total. The molecule has 30 heavy (non-hydrogen) atoms. The zero-order valence-corrected chi connectivity index (χ0v) is 17.1. The third-order valence-corrected chi connectivity index (χ3v) is 4.86. The van der Waals surface area contributed by atoms with Gasteiger partial charge in [0.15, 0.2) is 0 Å². The first-order valence-corrected chi connectivity index (χ1v) is 9.72. The molecule has 1 heterocycles. The van der Waals surface area contributed by atoms with Crippen molar-refractivity contribution in [3.8, 4) is 11.5 Å². The van der Waals surface area contributed by atoms with Crippen LogP contribution in [0, 0.1) is 0 Å². The largest absolute Gasteiger partial charge is 0.494 e. The van der Waals surface area contributed by atoms with Gasteiger partial charge >= 0.3 is 0 Å². The number of benzene rings is 2. The summed E-state index contributed by atoms with van der Waals surface area (Å²) in [6.07, 6.45) is 1.56. The minimum absolute atomic E-state index is 0.0839. The summed E-state index contributed by atoms with van der Waals surface area (Å²) >= 11 is 0. The van der Waals surface area contributed by atoms with Crippen molar-refractivity contribution < 1.29 is 23.9 Å². The van der Waals surface area contributed by atoms with E-state index in [1.807, 2.05) is 6.07 Å². The Kier molecular flexibility index (Phi) is 6.90. The summed E-state index contributed by atoms with van der Waals surface area (Å²) in [6.45, 7) is 1.08. The average Bonchev–Trinajstić information content (AvgIpc) is 3.18. The lowest BCUT2D eigenvalue weighted by Crippen LogP contribution is -2.28. The minimum Gasteiger partial charge on any atom is -0.494 e. The highest BCUT2D eigenvalue weighted by molar-refractivity contribution is 6.05. The van der Waals surface area contributed by atoms with E-state index in [0.29, 0.717) is 47.9 Å². The van der Waals surface area contributed by atoms with Gasteiger partial charge in [0.2, 0.25) is 11.8 Å². The molecule has 2 N–H and O–H groups in total. The monoisotopic (exact) mass is 411 g/mol. The highest BCUT2D eigenvalue weighted by Crippen LogP contribution is 2.36. The Bertz CT molecular complexity index is 930. The van der Waals surface area contributed by atoms with Crippen LogP contribution in [-0.2, 0) is 9.59 Å². The molecule has 0 radical (unpaired) electrons. The van der Waals surface area contributed by atoms with Gasteiger partial charge in [-0.2, -0.15) is 0 Å². The van der Waals surface area contributed by atoms with E-state index in [2.05, 4.69) is 10.6 Å². The fourth-order valence-corrected chi connectivity index (χ4v) is 3.27. The maximum absolute atomic E-state index is 12.5. The first-order valence-electron chi connectivity index (χ1n) is 9.72. The molecule has 3 amide bonds. The van der Waals surface area contributed by atoms with E-state index in [1.165, 1.54) is 14.2 Å². The molecule has 1 saturated heterocycles. The summed E-state index contributed by atoms with van der Waals surface area (Å²) in [6, 6.07) is 12.0. The van der Waals surface area contributed by atoms with Crippen LogP contribution in [0.25, 0.3) is 0 Å². The van der Waals surface area contributed by atoms with Gasteiger partial charge < -0.3 is 25.0 Å². The van der Waals surface area contributed by atoms with Gasteiger partial charge in [-0.15, -0.1) is 0 Å². The second-order valence-electron chi connectivity index (χ2n) is 6.86. The lowest BCUT2D eigenvalue weighted by atomic mass is 10.2. The molecule has 158 valence electrons. The van der Waals surface area contributed by atoms with Crippen molar-refractivity contribution in [3.63, 3.8) is 0 Å². The number of hydrogen-bond donors (Lipinski definition) is 2. The van der Waals surface area contributed by atoms with E-state index in [-0.39, 0.29) is 24.1 Å². The van der Waals surface area contributed by atoms with Gasteiger partial charge in [-0.05, 0) is 18.6 Å². The maximum atomic E-state index is 12.5. The average molecular weight is 411 g/mol. The summed E-state index contributed by atoms with van der Waals surface area (Å²) < 4.78 is 10.8. The van der Waals surface area contributed by atoms with Crippen molar-refractivity contribution >= 4 is 29.1 Å². The Labute approximate surface area is 175 Å². The van der Waals surface area contributed by atoms with Crippen LogP contribution in [0.5, 0.6) is 11.5 Å². The predicted molar refractivity (Wildman–Crippen MR) is 113 cm³/mol. The first kappa shape index (κ1) is 21.2. The number of ether oxygens (including phenoxy) is 2. The zero-order valence-electron chi connectivity index (χ0n) is 17.1. The Morgan fingerprint density at radius 3 is 2.20 bits per heavy atom. The molecule has 2 aromatic rings. The molecule has 1 aliphatic rings. The standard InChI is InChI=1S/C22H25N3O5/c1-29-18-14-17(24-22(28)15-7-4-3-5-8-15)19(30-2)13-16(18)23-20(26)10-12-25-11-6-9-21(25)27/h3-5,7-8,13-14H,6,9-12H2,1-2H3,(H,23,26)(H,24,28). The van der Waals surface area contributed by atoms with Crippen LogP contribution in [0.15, 0.2) is 42.5 Å². The Hall–Kier alpha value is -3.55. The molecule has 3 rings (SSSR count). The van der Waals surface area contributed by atoms with E-state index in [1.54, 1.807) is 41.3 Å². The maximum Gasteiger partial charge on any atom is 0.255 e. The molecule has 2 aromatic carbocycles. The summed E-state index contributed by atoms with van der Waals surface area (Å²) in [5, 5.41) is 5.59. The molecule has 0 aromatic heterocycles. The van der Waals surface area contributed by atoms with Crippen LogP contribution in [-0.4, -0.2) is 49.9 Å². The van der Waals surface area contributed by atoms with Crippen LogP contribution < -0.4 is 20.1 Å². The molecule has 0 atom stereocenters. The predicted octanol–water partition coefficient (Wildman–Crippen LogP) is 2.91. The first-order chi connectivity index (χ1) is 14.5. The summed E-state index contributed by atoms with van der Waals surface area (Å²) in [5.41, 5.74) is 1.35. The molecule has 1 aliphatic heterocycles. The lowest BCUT2D eigenvalue weighted by molar-refractivity contribution is -0.128. The number of carbonyl (C=O) groups is 3. The van der Waals surface area contributed by atoms with Crippen LogP contribution in [0.1, 0.15) is 29.6 Å². The molecular weight excluding hydrogens is 386 g/mol. The number of carbonyl (C=O) groups excluding carboxylic acids is 3. The summed E-state index contributed by atoms with van der Waals surface area (Å²) in [4.78, 5) is 38.2. The van der Waals surface area contributed by atoms with Crippen molar-refractivity contribution in [1.29, 1.82) is 0 Å². The number of nitrogens with one attached hydrogen (secondary N) is 2. The SMILES string of the molecule is COc1cc(NC(=O)c2ccccc2)c(OC)cc1NC(=O)CCN1CCCC1=O. The number of likely N-dealkylation sites (tertiary alicyclic amines) is 1. The zero-order chi connectivity index (χ0) is 21.5. The highest BCUT2D eigenvalue weighted by atomic mass is 16.5. The van der Waals surface area contributed by atoms with Gasteiger partial charge in [0.1, 0.15) is 11.5 Å². The van der Waals surface area contributed by atoms with Crippen LogP contribution in [0.3, 0.4) is 0 Å². The minimum atomic E-state index is -0.289. The number of amides is 3. The number of rotatable bonds is 8. The van der Waals surface area contributed by atoms with E-state index < -0.39 is 0 Å². The molecular formula is C22H25N3O5. The topological polar surface area (TPSA) is 97.0 Å². The molecule has 1 fully saturated rings. The van der Waals surface area contributed by atoms with Crippen LogP contribution in [0.2, 0.25) is 0 Å². The third-order valence-electron chi connectivity index (χ3n) is 4.86. The molecule has 0 bridgehead atoms. The van der Waals surface area contributed by atoms with E-state index in [4.69, 9.17) is 9.47 Å². The van der Waals surface area contributed by atoms with Crippen LogP contribution >= 0.6 is 0 Å². The van der Waals surface area contributed by atoms with Crippen molar-refractivity contribution in [2.75, 3.05) is 37.9 Å². The van der Waals surface area contributed by atoms with E-state index >= 15 is 0 Å². The number of anilines is 2. The van der Waals surface area contributed by atoms with Gasteiger partial charge in [0.25, 0.3) is 5.91 Å². The van der Waals surface area contributed by atoms with Gasteiger partial charge in [0.05, 0.1) is 25.6 Å². The fourth-order valence-electron chi connectivity index (χ4n) is 3.27. The van der Waals surface area contributed by atoms with Crippen molar-refractivity contribution in [2.24, 2.45) is 0 Å². The normalized spacial score (nSPS) is 13.1. The lowest BCUT2D eigenvalue weighted by Gasteiger charge is -2.17. The Balaban J connectivity index is 1.71. The van der Waals surface area contributed by atoms with Crippen molar-refractivity contribution in [1.82, 2.24) is 4.90 Å². The highest BCUT2D eigenvalue weighted by Gasteiger charge is 2.21. The second kappa shape index (κ2) is 9.78.